The molecule has 2 rings (SSSR count). The van der Waals surface area contributed by atoms with Gasteiger partial charge in [0.2, 0.25) is 0 Å². The van der Waals surface area contributed by atoms with E-state index in [4.69, 9.17) is 9.47 Å². The van der Waals surface area contributed by atoms with Gasteiger partial charge in [0.15, 0.2) is 6.61 Å². The van der Waals surface area contributed by atoms with E-state index in [0.717, 1.165) is 13.1 Å². The van der Waals surface area contributed by atoms with Crippen molar-refractivity contribution in [2.75, 3.05) is 26.2 Å². The highest BCUT2D eigenvalue weighted by molar-refractivity contribution is 5.77. The molecule has 0 bridgehead atoms. The number of nitrogens with zero attached hydrogens (tertiary/aromatic N) is 1. The summed E-state index contributed by atoms with van der Waals surface area (Å²) in [6, 6.07) is 9.37. The van der Waals surface area contributed by atoms with Crippen molar-refractivity contribution in [2.24, 2.45) is 0 Å². The predicted molar refractivity (Wildman–Crippen MR) is 90.6 cm³/mol. The topological polar surface area (TPSA) is 50.8 Å². The van der Waals surface area contributed by atoms with Gasteiger partial charge in [0.1, 0.15) is 5.75 Å². The van der Waals surface area contributed by atoms with Crippen LogP contribution in [0.4, 0.5) is 0 Å². The lowest BCUT2D eigenvalue weighted by Gasteiger charge is -2.45. The predicted octanol–water partition coefficient (Wildman–Crippen LogP) is 2.07. The fourth-order valence-corrected chi connectivity index (χ4v) is 2.82. The van der Waals surface area contributed by atoms with Gasteiger partial charge < -0.3 is 14.8 Å². The van der Waals surface area contributed by atoms with Crippen LogP contribution in [0.25, 0.3) is 0 Å². The second-order valence-electron chi connectivity index (χ2n) is 6.85. The molecule has 23 heavy (non-hydrogen) atoms. The summed E-state index contributed by atoms with van der Waals surface area (Å²) < 4.78 is 11.2. The summed E-state index contributed by atoms with van der Waals surface area (Å²) in [6.45, 7) is 10.9. The standard InChI is InChI=1S/C18H28N2O3/c1-14-10-20(11-15(2)23-14)18(3,4)13-19-17(21)12-22-16-8-6-5-7-9-16/h5-9,14-15H,10-13H2,1-4H3,(H,19,21). The largest absolute Gasteiger partial charge is 0.484 e. The third kappa shape index (κ3) is 5.52. The number of hydrogen-bond donors (Lipinski definition) is 1. The van der Waals surface area contributed by atoms with Gasteiger partial charge in [-0.1, -0.05) is 18.2 Å². The van der Waals surface area contributed by atoms with Gasteiger partial charge in [-0.05, 0) is 39.8 Å². The first-order valence-corrected chi connectivity index (χ1v) is 8.22. The minimum absolute atomic E-state index is 0.0377. The third-order valence-electron chi connectivity index (χ3n) is 4.11. The molecule has 1 saturated heterocycles. The number of amides is 1. The molecule has 0 aliphatic carbocycles. The van der Waals surface area contributed by atoms with E-state index in [2.05, 4.69) is 37.9 Å². The lowest BCUT2D eigenvalue weighted by molar-refractivity contribution is -0.124. The molecule has 5 heteroatoms. The molecule has 1 heterocycles. The summed E-state index contributed by atoms with van der Waals surface area (Å²) in [5, 5.41) is 2.97. The van der Waals surface area contributed by atoms with Crippen molar-refractivity contribution in [1.82, 2.24) is 10.2 Å². The molecular formula is C18H28N2O3. The van der Waals surface area contributed by atoms with Crippen LogP contribution in [0.5, 0.6) is 5.75 Å². The molecule has 0 radical (unpaired) electrons. The van der Waals surface area contributed by atoms with Crippen molar-refractivity contribution >= 4 is 5.91 Å². The van der Waals surface area contributed by atoms with Gasteiger partial charge >= 0.3 is 0 Å². The smallest absolute Gasteiger partial charge is 0.258 e. The van der Waals surface area contributed by atoms with Crippen LogP contribution in [0.2, 0.25) is 0 Å². The van der Waals surface area contributed by atoms with E-state index in [1.807, 2.05) is 30.3 Å². The number of benzene rings is 1. The van der Waals surface area contributed by atoms with E-state index >= 15 is 0 Å². The van der Waals surface area contributed by atoms with E-state index in [-0.39, 0.29) is 30.3 Å². The first kappa shape index (κ1) is 17.8. The fraction of sp³-hybridized carbons (Fsp3) is 0.611. The number of hydrogen-bond acceptors (Lipinski definition) is 4. The molecule has 1 aliphatic rings. The van der Waals surface area contributed by atoms with Crippen molar-refractivity contribution in [2.45, 2.75) is 45.4 Å². The SMILES string of the molecule is CC1CN(C(C)(C)CNC(=O)COc2ccccc2)CC(C)O1. The Balaban J connectivity index is 1.78. The minimum atomic E-state index is -0.116. The molecule has 5 nitrogen and oxygen atoms in total. The van der Waals surface area contributed by atoms with Crippen LogP contribution in [0.3, 0.4) is 0 Å². The molecular weight excluding hydrogens is 292 g/mol. The Morgan fingerprint density at radius 2 is 1.87 bits per heavy atom. The third-order valence-corrected chi connectivity index (χ3v) is 4.11. The van der Waals surface area contributed by atoms with Crippen LogP contribution in [0, 0.1) is 0 Å². The van der Waals surface area contributed by atoms with Crippen molar-refractivity contribution in [3.63, 3.8) is 0 Å². The quantitative estimate of drug-likeness (QED) is 0.872. The summed E-state index contributed by atoms with van der Waals surface area (Å²) in [4.78, 5) is 14.4. The van der Waals surface area contributed by atoms with Crippen LogP contribution in [0.15, 0.2) is 30.3 Å². The van der Waals surface area contributed by atoms with Crippen LogP contribution in [-0.4, -0.2) is 54.8 Å². The van der Waals surface area contributed by atoms with Gasteiger partial charge in [-0.15, -0.1) is 0 Å². The van der Waals surface area contributed by atoms with Gasteiger partial charge in [-0.25, -0.2) is 0 Å². The molecule has 0 spiro atoms. The van der Waals surface area contributed by atoms with Gasteiger partial charge in [-0.2, -0.15) is 0 Å². The molecule has 0 aromatic heterocycles. The van der Waals surface area contributed by atoms with Crippen molar-refractivity contribution in [1.29, 1.82) is 0 Å². The molecule has 1 aromatic rings. The molecule has 128 valence electrons. The lowest BCUT2D eigenvalue weighted by atomic mass is 10.00. The van der Waals surface area contributed by atoms with E-state index in [9.17, 15) is 4.79 Å². The maximum Gasteiger partial charge on any atom is 0.258 e. The zero-order chi connectivity index (χ0) is 16.9. The molecule has 1 fully saturated rings. The van der Waals surface area contributed by atoms with Crippen LogP contribution < -0.4 is 10.1 Å². The summed E-state index contributed by atoms with van der Waals surface area (Å²) in [7, 11) is 0. The average Bonchev–Trinajstić information content (AvgIpc) is 2.51. The average molecular weight is 320 g/mol. The number of ether oxygens (including phenoxy) is 2. The van der Waals surface area contributed by atoms with E-state index in [0.29, 0.717) is 12.3 Å². The van der Waals surface area contributed by atoms with Gasteiger partial charge in [0.05, 0.1) is 12.2 Å². The fourth-order valence-electron chi connectivity index (χ4n) is 2.82. The zero-order valence-electron chi connectivity index (χ0n) is 14.5. The highest BCUT2D eigenvalue weighted by atomic mass is 16.5. The second kappa shape index (κ2) is 7.79. The summed E-state index contributed by atoms with van der Waals surface area (Å²) in [5.74, 6) is 0.606. The number of rotatable bonds is 6. The number of para-hydroxylation sites is 1. The Kier molecular flexibility index (Phi) is 6.02. The molecule has 2 unspecified atom stereocenters. The van der Waals surface area contributed by atoms with Crippen LogP contribution >= 0.6 is 0 Å². The molecule has 0 saturated carbocycles. The minimum Gasteiger partial charge on any atom is -0.484 e. The Hall–Kier alpha value is -1.59. The highest BCUT2D eigenvalue weighted by Crippen LogP contribution is 2.20. The summed E-state index contributed by atoms with van der Waals surface area (Å²) >= 11 is 0. The van der Waals surface area contributed by atoms with Gasteiger partial charge in [0.25, 0.3) is 5.91 Å². The molecule has 1 amide bonds. The van der Waals surface area contributed by atoms with E-state index < -0.39 is 0 Å². The summed E-state index contributed by atoms with van der Waals surface area (Å²) in [5.41, 5.74) is -0.116. The van der Waals surface area contributed by atoms with Crippen molar-refractivity contribution < 1.29 is 14.3 Å². The Bertz CT molecular complexity index is 494. The van der Waals surface area contributed by atoms with Crippen LogP contribution in [-0.2, 0) is 9.53 Å². The number of carbonyl (C=O) groups is 1. The maximum absolute atomic E-state index is 12.0. The molecule has 1 N–H and O–H groups in total. The normalized spacial score (nSPS) is 22.6. The molecule has 1 aliphatic heterocycles. The lowest BCUT2D eigenvalue weighted by Crippen LogP contribution is -2.58. The summed E-state index contributed by atoms with van der Waals surface area (Å²) in [6.07, 6.45) is 0.435. The second-order valence-corrected chi connectivity index (χ2v) is 6.85. The maximum atomic E-state index is 12.0. The van der Waals surface area contributed by atoms with E-state index in [1.165, 1.54) is 0 Å². The monoisotopic (exact) mass is 320 g/mol. The van der Waals surface area contributed by atoms with Crippen LogP contribution in [0.1, 0.15) is 27.7 Å². The number of morpholine rings is 1. The van der Waals surface area contributed by atoms with Crippen molar-refractivity contribution in [3.8, 4) is 5.75 Å². The van der Waals surface area contributed by atoms with E-state index in [1.54, 1.807) is 0 Å². The Labute approximate surface area is 139 Å². The number of nitrogens with one attached hydrogen (secondary N) is 1. The number of carbonyl (C=O) groups excluding carboxylic acids is 1. The molecule has 2 atom stereocenters. The Morgan fingerprint density at radius 1 is 1.26 bits per heavy atom. The van der Waals surface area contributed by atoms with Gasteiger partial charge in [0, 0.05) is 25.2 Å². The Morgan fingerprint density at radius 3 is 2.48 bits per heavy atom. The molecule has 1 aromatic carbocycles. The first-order chi connectivity index (χ1) is 10.9. The highest BCUT2D eigenvalue weighted by Gasteiger charge is 2.33. The first-order valence-electron chi connectivity index (χ1n) is 8.22. The zero-order valence-corrected chi connectivity index (χ0v) is 14.5. The van der Waals surface area contributed by atoms with Crippen molar-refractivity contribution in [3.05, 3.63) is 30.3 Å². The van der Waals surface area contributed by atoms with Gasteiger partial charge in [-0.3, -0.25) is 9.69 Å².